The van der Waals surface area contributed by atoms with Crippen LogP contribution >= 0.6 is 11.6 Å². The van der Waals surface area contributed by atoms with Crippen molar-refractivity contribution in [1.29, 1.82) is 0 Å². The standard InChI is InChI=1S/C19H21ClN2O3/c20-14-7-9-15(10-8-14)21-12-19(23)22-17-5-1-2-6-18(17)25-13-16-4-3-11-24-16/h1-2,5-10,16,21H,3-4,11-13H2,(H,22,23). The largest absolute Gasteiger partial charge is 0.489 e. The summed E-state index contributed by atoms with van der Waals surface area (Å²) in [5, 5.41) is 6.59. The zero-order valence-corrected chi connectivity index (χ0v) is 14.6. The zero-order chi connectivity index (χ0) is 17.5. The maximum Gasteiger partial charge on any atom is 0.243 e. The van der Waals surface area contributed by atoms with E-state index in [1.54, 1.807) is 12.1 Å². The topological polar surface area (TPSA) is 59.6 Å². The van der Waals surface area contributed by atoms with Crippen LogP contribution in [0.25, 0.3) is 0 Å². The lowest BCUT2D eigenvalue weighted by molar-refractivity contribution is -0.114. The minimum Gasteiger partial charge on any atom is -0.489 e. The first-order valence-electron chi connectivity index (χ1n) is 8.33. The molecule has 0 spiro atoms. The van der Waals surface area contributed by atoms with Gasteiger partial charge < -0.3 is 20.1 Å². The molecule has 5 nitrogen and oxygen atoms in total. The summed E-state index contributed by atoms with van der Waals surface area (Å²) >= 11 is 5.85. The van der Waals surface area contributed by atoms with Crippen molar-refractivity contribution in [2.24, 2.45) is 0 Å². The van der Waals surface area contributed by atoms with E-state index in [1.165, 1.54) is 0 Å². The number of para-hydroxylation sites is 2. The fourth-order valence-electron chi connectivity index (χ4n) is 2.60. The molecule has 1 unspecified atom stereocenters. The van der Waals surface area contributed by atoms with Gasteiger partial charge in [-0.2, -0.15) is 0 Å². The quantitative estimate of drug-likeness (QED) is 0.785. The fraction of sp³-hybridized carbons (Fsp3) is 0.316. The fourth-order valence-corrected chi connectivity index (χ4v) is 2.72. The van der Waals surface area contributed by atoms with Crippen LogP contribution in [0.3, 0.4) is 0 Å². The molecule has 132 valence electrons. The van der Waals surface area contributed by atoms with Gasteiger partial charge in [-0.15, -0.1) is 0 Å². The molecule has 1 aliphatic heterocycles. The van der Waals surface area contributed by atoms with Crippen LogP contribution in [0.2, 0.25) is 5.02 Å². The second-order valence-corrected chi connectivity index (χ2v) is 6.29. The molecule has 0 aromatic heterocycles. The highest BCUT2D eigenvalue weighted by Gasteiger charge is 2.17. The van der Waals surface area contributed by atoms with E-state index in [0.717, 1.165) is 25.1 Å². The Morgan fingerprint density at radius 2 is 2.00 bits per heavy atom. The Balaban J connectivity index is 1.52. The number of benzene rings is 2. The number of carbonyl (C=O) groups is 1. The van der Waals surface area contributed by atoms with Gasteiger partial charge in [-0.3, -0.25) is 4.79 Å². The Hall–Kier alpha value is -2.24. The molecule has 1 atom stereocenters. The minimum atomic E-state index is -0.150. The molecule has 0 saturated carbocycles. The monoisotopic (exact) mass is 360 g/mol. The number of hydrogen-bond acceptors (Lipinski definition) is 4. The lowest BCUT2D eigenvalue weighted by Crippen LogP contribution is -2.22. The molecule has 0 bridgehead atoms. The molecule has 2 N–H and O–H groups in total. The number of nitrogens with one attached hydrogen (secondary N) is 2. The van der Waals surface area contributed by atoms with Crippen LogP contribution in [-0.4, -0.2) is 31.8 Å². The summed E-state index contributed by atoms with van der Waals surface area (Å²) in [6, 6.07) is 14.6. The molecule has 1 aliphatic rings. The Labute approximate surface area is 152 Å². The Bertz CT molecular complexity index is 700. The number of halogens is 1. The molecule has 1 amide bonds. The van der Waals surface area contributed by atoms with Crippen LogP contribution in [0.5, 0.6) is 5.75 Å². The second-order valence-electron chi connectivity index (χ2n) is 5.85. The van der Waals surface area contributed by atoms with Crippen LogP contribution in [0, 0.1) is 0 Å². The lowest BCUT2D eigenvalue weighted by atomic mass is 10.2. The second kappa shape index (κ2) is 8.74. The van der Waals surface area contributed by atoms with E-state index in [4.69, 9.17) is 21.1 Å². The summed E-state index contributed by atoms with van der Waals surface area (Å²) in [5.41, 5.74) is 1.49. The average molecular weight is 361 g/mol. The summed E-state index contributed by atoms with van der Waals surface area (Å²) in [6.45, 7) is 1.44. The average Bonchev–Trinajstić information content (AvgIpc) is 3.14. The SMILES string of the molecule is O=C(CNc1ccc(Cl)cc1)Nc1ccccc1OCC1CCCO1. The van der Waals surface area contributed by atoms with Gasteiger partial charge in [0, 0.05) is 17.3 Å². The summed E-state index contributed by atoms with van der Waals surface area (Å²) in [5.74, 6) is 0.501. The minimum absolute atomic E-state index is 0.135. The smallest absolute Gasteiger partial charge is 0.243 e. The molecule has 0 radical (unpaired) electrons. The number of hydrogen-bond donors (Lipinski definition) is 2. The van der Waals surface area contributed by atoms with E-state index in [-0.39, 0.29) is 18.6 Å². The van der Waals surface area contributed by atoms with Gasteiger partial charge in [0.15, 0.2) is 0 Å². The predicted molar refractivity (Wildman–Crippen MR) is 99.5 cm³/mol. The first-order chi connectivity index (χ1) is 12.2. The molecule has 3 rings (SSSR count). The maximum atomic E-state index is 12.2. The highest BCUT2D eigenvalue weighted by atomic mass is 35.5. The molecule has 0 aliphatic carbocycles. The Kier molecular flexibility index (Phi) is 6.14. The van der Waals surface area contributed by atoms with E-state index in [0.29, 0.717) is 23.1 Å². The van der Waals surface area contributed by atoms with Gasteiger partial charge in [-0.1, -0.05) is 23.7 Å². The van der Waals surface area contributed by atoms with Crippen LogP contribution < -0.4 is 15.4 Å². The highest BCUT2D eigenvalue weighted by Crippen LogP contribution is 2.25. The highest BCUT2D eigenvalue weighted by molar-refractivity contribution is 6.30. The summed E-state index contributed by atoms with van der Waals surface area (Å²) in [4.78, 5) is 12.2. The van der Waals surface area contributed by atoms with Gasteiger partial charge in [0.25, 0.3) is 0 Å². The molecule has 1 heterocycles. The van der Waals surface area contributed by atoms with Crippen molar-refractivity contribution < 1.29 is 14.3 Å². The predicted octanol–water partition coefficient (Wildman–Crippen LogP) is 3.95. The van der Waals surface area contributed by atoms with E-state index in [1.807, 2.05) is 36.4 Å². The van der Waals surface area contributed by atoms with Crippen molar-refractivity contribution in [3.63, 3.8) is 0 Å². The molecule has 1 fully saturated rings. The molecular weight excluding hydrogens is 340 g/mol. The summed E-state index contributed by atoms with van der Waals surface area (Å²) in [6.07, 6.45) is 2.22. The molecule has 2 aromatic carbocycles. The van der Waals surface area contributed by atoms with Gasteiger partial charge in [0.05, 0.1) is 18.3 Å². The number of ether oxygens (including phenoxy) is 2. The van der Waals surface area contributed by atoms with Gasteiger partial charge >= 0.3 is 0 Å². The maximum absolute atomic E-state index is 12.2. The van der Waals surface area contributed by atoms with E-state index < -0.39 is 0 Å². The summed E-state index contributed by atoms with van der Waals surface area (Å²) in [7, 11) is 0. The molecular formula is C19H21ClN2O3. The van der Waals surface area contributed by atoms with Crippen molar-refractivity contribution in [3.8, 4) is 5.75 Å². The normalized spacial score (nSPS) is 16.4. The Morgan fingerprint density at radius 1 is 1.20 bits per heavy atom. The third-order valence-electron chi connectivity index (χ3n) is 3.91. The van der Waals surface area contributed by atoms with Gasteiger partial charge in [0.2, 0.25) is 5.91 Å². The molecule has 6 heteroatoms. The summed E-state index contributed by atoms with van der Waals surface area (Å²) < 4.78 is 11.4. The van der Waals surface area contributed by atoms with Crippen LogP contribution in [-0.2, 0) is 9.53 Å². The van der Waals surface area contributed by atoms with Crippen molar-refractivity contribution >= 4 is 28.9 Å². The van der Waals surface area contributed by atoms with E-state index >= 15 is 0 Å². The first-order valence-corrected chi connectivity index (χ1v) is 8.71. The van der Waals surface area contributed by atoms with Crippen molar-refractivity contribution in [2.45, 2.75) is 18.9 Å². The number of carbonyl (C=O) groups excluding carboxylic acids is 1. The van der Waals surface area contributed by atoms with Gasteiger partial charge in [-0.05, 0) is 49.2 Å². The molecule has 25 heavy (non-hydrogen) atoms. The third-order valence-corrected chi connectivity index (χ3v) is 4.16. The molecule has 2 aromatic rings. The third kappa shape index (κ3) is 5.37. The van der Waals surface area contributed by atoms with Crippen LogP contribution in [0.15, 0.2) is 48.5 Å². The van der Waals surface area contributed by atoms with Crippen LogP contribution in [0.4, 0.5) is 11.4 Å². The van der Waals surface area contributed by atoms with E-state index in [2.05, 4.69) is 10.6 Å². The Morgan fingerprint density at radius 3 is 2.76 bits per heavy atom. The van der Waals surface area contributed by atoms with Crippen molar-refractivity contribution in [2.75, 3.05) is 30.4 Å². The van der Waals surface area contributed by atoms with Gasteiger partial charge in [-0.25, -0.2) is 0 Å². The van der Waals surface area contributed by atoms with Crippen molar-refractivity contribution in [3.05, 3.63) is 53.6 Å². The van der Waals surface area contributed by atoms with E-state index in [9.17, 15) is 4.79 Å². The molecule has 1 saturated heterocycles. The zero-order valence-electron chi connectivity index (χ0n) is 13.8. The number of anilines is 2. The number of amides is 1. The van der Waals surface area contributed by atoms with Crippen molar-refractivity contribution in [1.82, 2.24) is 0 Å². The van der Waals surface area contributed by atoms with Gasteiger partial charge in [0.1, 0.15) is 12.4 Å². The van der Waals surface area contributed by atoms with Crippen LogP contribution in [0.1, 0.15) is 12.8 Å². The first kappa shape index (κ1) is 17.6. The lowest BCUT2D eigenvalue weighted by Gasteiger charge is -2.15. The number of rotatable bonds is 7.